The molecule has 0 saturated carbocycles. The van der Waals surface area contributed by atoms with Crippen LogP contribution in [0.4, 0.5) is 0 Å². The lowest BCUT2D eigenvalue weighted by atomic mass is 10.0. The van der Waals surface area contributed by atoms with Crippen molar-refractivity contribution in [3.63, 3.8) is 0 Å². The number of amides is 1. The van der Waals surface area contributed by atoms with Crippen LogP contribution in [0.2, 0.25) is 18.1 Å². The van der Waals surface area contributed by atoms with Gasteiger partial charge in [-0.2, -0.15) is 0 Å². The normalized spacial score (nSPS) is 27.6. The molecule has 0 aromatic carbocycles. The Morgan fingerprint density at radius 1 is 1.24 bits per heavy atom. The van der Waals surface area contributed by atoms with Gasteiger partial charge in [-0.05, 0) is 37.4 Å². The Kier molecular flexibility index (Phi) is 6.66. The van der Waals surface area contributed by atoms with Gasteiger partial charge >= 0.3 is 0 Å². The van der Waals surface area contributed by atoms with Gasteiger partial charge in [0.05, 0.1) is 12.0 Å². The Morgan fingerprint density at radius 2 is 1.90 bits per heavy atom. The van der Waals surface area contributed by atoms with Crippen LogP contribution in [0, 0.1) is 5.92 Å². The fraction of sp³-hybridized carbons (Fsp3) is 0.824. The number of hydrogen-bond acceptors (Lipinski definition) is 2. The molecule has 0 bridgehead atoms. The van der Waals surface area contributed by atoms with Crippen molar-refractivity contribution in [1.29, 1.82) is 0 Å². The highest BCUT2D eigenvalue weighted by atomic mass is 28.4. The maximum absolute atomic E-state index is 12.3. The third kappa shape index (κ3) is 5.59. The first-order valence-corrected chi connectivity index (χ1v) is 11.2. The van der Waals surface area contributed by atoms with E-state index in [2.05, 4.69) is 51.3 Å². The number of hydrogen-bond donors (Lipinski definition) is 1. The summed E-state index contributed by atoms with van der Waals surface area (Å²) < 4.78 is 6.49. The molecule has 0 aliphatic carbocycles. The maximum Gasteiger partial charge on any atom is 0.225 e. The van der Waals surface area contributed by atoms with Gasteiger partial charge in [0.25, 0.3) is 0 Å². The van der Waals surface area contributed by atoms with Gasteiger partial charge in [-0.25, -0.2) is 0 Å². The Hall–Kier alpha value is -0.613. The van der Waals surface area contributed by atoms with Crippen LogP contribution < -0.4 is 5.32 Å². The van der Waals surface area contributed by atoms with Crippen LogP contribution in [-0.4, -0.2) is 26.9 Å². The van der Waals surface area contributed by atoms with E-state index in [1.807, 2.05) is 6.92 Å². The van der Waals surface area contributed by atoms with Crippen LogP contribution >= 0.6 is 0 Å². The van der Waals surface area contributed by atoms with Gasteiger partial charge in [0, 0.05) is 6.54 Å². The summed E-state index contributed by atoms with van der Waals surface area (Å²) >= 11 is 0. The molecule has 0 spiro atoms. The van der Waals surface area contributed by atoms with E-state index >= 15 is 0 Å². The van der Waals surface area contributed by atoms with Gasteiger partial charge in [0.2, 0.25) is 5.91 Å². The first kappa shape index (κ1) is 18.4. The summed E-state index contributed by atoms with van der Waals surface area (Å²) in [5.74, 6) is -0.0151. The molecule has 4 heteroatoms. The van der Waals surface area contributed by atoms with E-state index in [4.69, 9.17) is 4.43 Å². The molecular weight excluding hydrogens is 278 g/mol. The number of allylic oxidation sites excluding steroid dienone is 1. The highest BCUT2D eigenvalue weighted by molar-refractivity contribution is 6.74. The Bertz CT molecular complexity index is 371. The standard InChI is InChI=1S/C17H33NO2Si/c1-14-15(20-21(5,6)17(2,3)4)12-10-8-7-9-11-13-18-16(14)19/h10,12,14-15H,7-9,11,13H2,1-6H3,(H,18,19)/b12-10+/t14-,15-/m0/s1. The molecule has 0 aromatic rings. The minimum Gasteiger partial charge on any atom is -0.410 e. The smallest absolute Gasteiger partial charge is 0.225 e. The summed E-state index contributed by atoms with van der Waals surface area (Å²) in [4.78, 5) is 12.3. The predicted octanol–water partition coefficient (Wildman–Crippen LogP) is 4.26. The Balaban J connectivity index is 2.88. The van der Waals surface area contributed by atoms with E-state index in [1.54, 1.807) is 0 Å². The number of carbonyl (C=O) groups excluding carboxylic acids is 1. The zero-order chi connectivity index (χ0) is 16.1. The summed E-state index contributed by atoms with van der Waals surface area (Å²) in [7, 11) is -1.88. The first-order chi connectivity index (χ1) is 9.65. The number of rotatable bonds is 2. The van der Waals surface area contributed by atoms with Gasteiger partial charge in [0.15, 0.2) is 8.32 Å². The molecule has 1 aliphatic heterocycles. The quantitative estimate of drug-likeness (QED) is 0.611. The van der Waals surface area contributed by atoms with Crippen LogP contribution in [0.5, 0.6) is 0 Å². The molecule has 1 N–H and O–H groups in total. The molecule has 21 heavy (non-hydrogen) atoms. The van der Waals surface area contributed by atoms with Gasteiger partial charge < -0.3 is 9.74 Å². The second-order valence-electron chi connectivity index (χ2n) is 7.70. The van der Waals surface area contributed by atoms with Crippen molar-refractivity contribution in [1.82, 2.24) is 5.32 Å². The zero-order valence-electron chi connectivity index (χ0n) is 14.7. The predicted molar refractivity (Wildman–Crippen MR) is 91.9 cm³/mol. The monoisotopic (exact) mass is 311 g/mol. The SMILES string of the molecule is C[C@@H]1C(=O)NCCCCC/C=C/[C@@H]1O[Si](C)(C)C(C)(C)C. The number of carbonyl (C=O) groups is 1. The van der Waals surface area contributed by atoms with Crippen molar-refractivity contribution < 1.29 is 9.22 Å². The third-order valence-electron chi connectivity index (χ3n) is 4.82. The summed E-state index contributed by atoms with van der Waals surface area (Å²) in [6.45, 7) is 14.0. The van der Waals surface area contributed by atoms with Crippen LogP contribution in [0.3, 0.4) is 0 Å². The van der Waals surface area contributed by atoms with Crippen LogP contribution in [0.15, 0.2) is 12.2 Å². The average Bonchev–Trinajstić information content (AvgIpc) is 2.39. The van der Waals surface area contributed by atoms with Gasteiger partial charge in [-0.1, -0.05) is 46.3 Å². The number of nitrogens with one attached hydrogen (secondary N) is 1. The van der Waals surface area contributed by atoms with Gasteiger partial charge in [-0.15, -0.1) is 0 Å². The van der Waals surface area contributed by atoms with Crippen molar-refractivity contribution in [3.8, 4) is 0 Å². The second kappa shape index (κ2) is 7.59. The largest absolute Gasteiger partial charge is 0.410 e. The highest BCUT2D eigenvalue weighted by Gasteiger charge is 2.40. The molecule has 3 nitrogen and oxygen atoms in total. The Morgan fingerprint density at radius 3 is 2.52 bits per heavy atom. The molecule has 1 rings (SSSR count). The maximum atomic E-state index is 12.3. The van der Waals surface area contributed by atoms with Crippen molar-refractivity contribution in [2.75, 3.05) is 6.54 Å². The fourth-order valence-corrected chi connectivity index (χ4v) is 3.46. The van der Waals surface area contributed by atoms with Crippen molar-refractivity contribution in [2.45, 2.75) is 77.6 Å². The zero-order valence-corrected chi connectivity index (χ0v) is 15.7. The van der Waals surface area contributed by atoms with Crippen LogP contribution in [0.1, 0.15) is 53.4 Å². The van der Waals surface area contributed by atoms with E-state index in [0.29, 0.717) is 0 Å². The molecule has 0 saturated heterocycles. The van der Waals surface area contributed by atoms with E-state index in [9.17, 15) is 4.79 Å². The lowest BCUT2D eigenvalue weighted by Gasteiger charge is -2.39. The molecule has 0 aromatic heterocycles. The lowest BCUT2D eigenvalue weighted by molar-refractivity contribution is -0.126. The molecule has 0 radical (unpaired) electrons. The molecule has 0 fully saturated rings. The lowest BCUT2D eigenvalue weighted by Crippen LogP contribution is -2.47. The first-order valence-electron chi connectivity index (χ1n) is 8.27. The van der Waals surface area contributed by atoms with Crippen molar-refractivity contribution >= 4 is 14.2 Å². The molecule has 2 atom stereocenters. The fourth-order valence-electron chi connectivity index (χ4n) is 2.14. The molecule has 1 amide bonds. The van der Waals surface area contributed by atoms with Crippen LogP contribution in [0.25, 0.3) is 0 Å². The topological polar surface area (TPSA) is 38.3 Å². The summed E-state index contributed by atoms with van der Waals surface area (Å²) in [5.41, 5.74) is 0. The highest BCUT2D eigenvalue weighted by Crippen LogP contribution is 2.38. The molecule has 122 valence electrons. The van der Waals surface area contributed by atoms with E-state index in [0.717, 1.165) is 19.4 Å². The molecular formula is C17H33NO2Si. The van der Waals surface area contributed by atoms with Gasteiger partial charge in [0.1, 0.15) is 0 Å². The van der Waals surface area contributed by atoms with E-state index < -0.39 is 8.32 Å². The minimum absolute atomic E-state index is 0.107. The van der Waals surface area contributed by atoms with E-state index in [-0.39, 0.29) is 23.0 Å². The Labute approximate surface area is 131 Å². The molecule has 1 heterocycles. The third-order valence-corrected chi connectivity index (χ3v) is 9.29. The van der Waals surface area contributed by atoms with Crippen molar-refractivity contribution in [2.24, 2.45) is 5.92 Å². The summed E-state index contributed by atoms with van der Waals surface area (Å²) in [5, 5.41) is 3.20. The van der Waals surface area contributed by atoms with Crippen LogP contribution in [-0.2, 0) is 9.22 Å². The van der Waals surface area contributed by atoms with Gasteiger partial charge in [-0.3, -0.25) is 4.79 Å². The minimum atomic E-state index is -1.88. The molecule has 1 aliphatic rings. The van der Waals surface area contributed by atoms with E-state index in [1.165, 1.54) is 12.8 Å². The second-order valence-corrected chi connectivity index (χ2v) is 12.5. The summed E-state index contributed by atoms with van der Waals surface area (Å²) in [6.07, 6.45) is 8.73. The molecule has 0 unspecified atom stereocenters. The summed E-state index contributed by atoms with van der Waals surface area (Å²) in [6, 6.07) is 0. The average molecular weight is 312 g/mol. The van der Waals surface area contributed by atoms with Crippen molar-refractivity contribution in [3.05, 3.63) is 12.2 Å².